The number of aromatic nitrogens is 2. The lowest BCUT2D eigenvalue weighted by Gasteiger charge is -2.20. The van der Waals surface area contributed by atoms with Crippen LogP contribution in [0.15, 0.2) is 24.4 Å². The van der Waals surface area contributed by atoms with Crippen molar-refractivity contribution in [2.24, 2.45) is 5.92 Å². The summed E-state index contributed by atoms with van der Waals surface area (Å²) in [6.45, 7) is 3.61. The Balaban J connectivity index is 2.31. The van der Waals surface area contributed by atoms with Gasteiger partial charge in [-0.15, -0.1) is 0 Å². The number of methoxy groups -OCH3 is 1. The molecule has 0 amide bonds. The Morgan fingerprint density at radius 1 is 1.53 bits per heavy atom. The maximum atomic E-state index is 9.33. The van der Waals surface area contributed by atoms with E-state index in [1.54, 1.807) is 7.11 Å². The van der Waals surface area contributed by atoms with Crippen LogP contribution < -0.4 is 4.90 Å². The van der Waals surface area contributed by atoms with Crippen molar-refractivity contribution in [2.75, 3.05) is 32.2 Å². The molecule has 2 aromatic heterocycles. The third-order valence-electron chi connectivity index (χ3n) is 3.02. The lowest BCUT2D eigenvalue weighted by atomic mass is 10.2. The number of nitrogens with zero attached hydrogens (tertiary/aromatic N) is 4. The average molecular weight is 258 g/mol. The molecular weight excluding hydrogens is 240 g/mol. The molecule has 0 saturated heterocycles. The van der Waals surface area contributed by atoms with Gasteiger partial charge < -0.3 is 9.64 Å². The van der Waals surface area contributed by atoms with Crippen molar-refractivity contribution >= 4 is 11.5 Å². The van der Waals surface area contributed by atoms with E-state index in [1.165, 1.54) is 0 Å². The molecule has 0 bridgehead atoms. The Bertz CT molecular complexity index is 599. The molecule has 0 aromatic carbocycles. The van der Waals surface area contributed by atoms with E-state index in [9.17, 15) is 5.26 Å². The molecule has 0 aliphatic carbocycles. The molecule has 0 aliphatic heterocycles. The van der Waals surface area contributed by atoms with Gasteiger partial charge in [-0.05, 0) is 18.1 Å². The number of anilines is 1. The van der Waals surface area contributed by atoms with E-state index in [2.05, 4.69) is 18.0 Å². The number of nitriles is 1. The fourth-order valence-electron chi connectivity index (χ4n) is 2.24. The van der Waals surface area contributed by atoms with Crippen LogP contribution in [-0.2, 0) is 4.74 Å². The number of hydrogen-bond donors (Lipinski definition) is 0. The smallest absolute Gasteiger partial charge is 0.169 e. The summed E-state index contributed by atoms with van der Waals surface area (Å²) in [6.07, 6.45) is 1.86. The van der Waals surface area contributed by atoms with Gasteiger partial charge in [-0.25, -0.2) is 4.98 Å². The van der Waals surface area contributed by atoms with Gasteiger partial charge in [0.2, 0.25) is 0 Å². The summed E-state index contributed by atoms with van der Waals surface area (Å²) in [5, 5.41) is 9.33. The molecule has 0 fully saturated rings. The van der Waals surface area contributed by atoms with Crippen LogP contribution in [0.4, 0.5) is 5.82 Å². The first-order chi connectivity index (χ1) is 9.17. The van der Waals surface area contributed by atoms with E-state index >= 15 is 0 Å². The number of ether oxygens (including phenoxy) is 1. The van der Waals surface area contributed by atoms with Crippen molar-refractivity contribution in [3.63, 3.8) is 0 Å². The van der Waals surface area contributed by atoms with Crippen molar-refractivity contribution in [1.29, 1.82) is 5.26 Å². The first-order valence-electron chi connectivity index (χ1n) is 6.24. The predicted octanol–water partition coefficient (Wildman–Crippen LogP) is 1.92. The van der Waals surface area contributed by atoms with E-state index in [4.69, 9.17) is 4.74 Å². The molecule has 100 valence electrons. The molecule has 2 rings (SSSR count). The van der Waals surface area contributed by atoms with Crippen molar-refractivity contribution in [2.45, 2.75) is 6.92 Å². The fourth-order valence-corrected chi connectivity index (χ4v) is 2.24. The van der Waals surface area contributed by atoms with E-state index in [0.717, 1.165) is 18.0 Å². The summed E-state index contributed by atoms with van der Waals surface area (Å²) >= 11 is 0. The summed E-state index contributed by atoms with van der Waals surface area (Å²) in [5.41, 5.74) is 1.36. The fraction of sp³-hybridized carbons (Fsp3) is 0.429. The van der Waals surface area contributed by atoms with Crippen LogP contribution in [0.3, 0.4) is 0 Å². The second kappa shape index (κ2) is 5.72. The first kappa shape index (κ1) is 13.4. The standard InChI is InChI=1S/C14H18N4O/c1-11(10-19-3)9-17(2)14-12(8-15)18-7-5-4-6-13(18)16-14/h4-7,11H,9-10H2,1-3H3/t11-/m0/s1. The topological polar surface area (TPSA) is 53.6 Å². The maximum Gasteiger partial charge on any atom is 0.169 e. The number of hydrogen-bond acceptors (Lipinski definition) is 4. The first-order valence-corrected chi connectivity index (χ1v) is 6.24. The molecule has 1 atom stereocenters. The van der Waals surface area contributed by atoms with Crippen molar-refractivity contribution in [3.8, 4) is 6.07 Å². The van der Waals surface area contributed by atoms with Gasteiger partial charge in [0, 0.05) is 26.9 Å². The van der Waals surface area contributed by atoms with Gasteiger partial charge >= 0.3 is 0 Å². The van der Waals surface area contributed by atoms with Crippen molar-refractivity contribution in [1.82, 2.24) is 9.38 Å². The Hall–Kier alpha value is -2.06. The monoisotopic (exact) mass is 258 g/mol. The molecule has 19 heavy (non-hydrogen) atoms. The minimum atomic E-state index is 0.381. The average Bonchev–Trinajstić information content (AvgIpc) is 2.77. The van der Waals surface area contributed by atoms with E-state index in [0.29, 0.717) is 18.2 Å². The van der Waals surface area contributed by atoms with Gasteiger partial charge in [-0.1, -0.05) is 13.0 Å². The van der Waals surface area contributed by atoms with Crippen LogP contribution >= 0.6 is 0 Å². The third kappa shape index (κ3) is 2.69. The van der Waals surface area contributed by atoms with E-state index < -0.39 is 0 Å². The van der Waals surface area contributed by atoms with Gasteiger partial charge in [-0.2, -0.15) is 5.26 Å². The number of imidazole rings is 1. The zero-order valence-corrected chi connectivity index (χ0v) is 11.5. The molecule has 5 heteroatoms. The highest BCUT2D eigenvalue weighted by atomic mass is 16.5. The number of rotatable bonds is 5. The van der Waals surface area contributed by atoms with Gasteiger partial charge in [0.1, 0.15) is 11.7 Å². The largest absolute Gasteiger partial charge is 0.384 e. The summed E-state index contributed by atoms with van der Waals surface area (Å²) in [5.74, 6) is 1.10. The maximum absolute atomic E-state index is 9.33. The quantitative estimate of drug-likeness (QED) is 0.822. The van der Waals surface area contributed by atoms with Crippen molar-refractivity contribution < 1.29 is 4.74 Å². The number of fused-ring (bicyclic) bond motifs is 1. The second-order valence-electron chi connectivity index (χ2n) is 4.77. The SMILES string of the molecule is COC[C@@H](C)CN(C)c1nc2ccccn2c1C#N. The lowest BCUT2D eigenvalue weighted by Crippen LogP contribution is -2.27. The van der Waals surface area contributed by atoms with Gasteiger partial charge in [0.05, 0.1) is 6.61 Å². The summed E-state index contributed by atoms with van der Waals surface area (Å²) < 4.78 is 6.95. The van der Waals surface area contributed by atoms with Gasteiger partial charge in [0.25, 0.3) is 0 Å². The van der Waals surface area contributed by atoms with Crippen molar-refractivity contribution in [3.05, 3.63) is 30.1 Å². The zero-order valence-electron chi connectivity index (χ0n) is 11.5. The summed E-state index contributed by atoms with van der Waals surface area (Å²) in [4.78, 5) is 6.53. The molecule has 2 aromatic rings. The van der Waals surface area contributed by atoms with Crippen LogP contribution in [0.5, 0.6) is 0 Å². The Kier molecular flexibility index (Phi) is 4.03. The third-order valence-corrected chi connectivity index (χ3v) is 3.02. The van der Waals surface area contributed by atoms with E-state index in [1.807, 2.05) is 40.7 Å². The molecular formula is C14H18N4O. The Morgan fingerprint density at radius 3 is 3.00 bits per heavy atom. The molecule has 0 radical (unpaired) electrons. The Morgan fingerprint density at radius 2 is 2.32 bits per heavy atom. The summed E-state index contributed by atoms with van der Waals surface area (Å²) in [7, 11) is 3.65. The second-order valence-corrected chi connectivity index (χ2v) is 4.77. The zero-order chi connectivity index (χ0) is 13.8. The molecule has 0 N–H and O–H groups in total. The normalized spacial score (nSPS) is 12.3. The van der Waals surface area contributed by atoms with Crippen LogP contribution in [0.2, 0.25) is 0 Å². The van der Waals surface area contributed by atoms with Gasteiger partial charge in [-0.3, -0.25) is 4.40 Å². The summed E-state index contributed by atoms with van der Waals surface area (Å²) in [6, 6.07) is 7.94. The highest BCUT2D eigenvalue weighted by molar-refractivity contribution is 5.59. The minimum Gasteiger partial charge on any atom is -0.384 e. The molecule has 0 saturated carbocycles. The molecule has 0 aliphatic rings. The van der Waals surface area contributed by atoms with Gasteiger partial charge in [0.15, 0.2) is 11.5 Å². The van der Waals surface area contributed by atoms with Crippen LogP contribution in [0.25, 0.3) is 5.65 Å². The number of pyridine rings is 1. The minimum absolute atomic E-state index is 0.381. The Labute approximate surface area is 113 Å². The molecule has 0 unspecified atom stereocenters. The highest BCUT2D eigenvalue weighted by Crippen LogP contribution is 2.20. The molecule has 0 spiro atoms. The highest BCUT2D eigenvalue weighted by Gasteiger charge is 2.16. The lowest BCUT2D eigenvalue weighted by molar-refractivity contribution is 0.162. The predicted molar refractivity (Wildman–Crippen MR) is 74.2 cm³/mol. The van der Waals surface area contributed by atoms with Crippen LogP contribution in [-0.4, -0.2) is 36.7 Å². The molecule has 2 heterocycles. The van der Waals surface area contributed by atoms with Crippen LogP contribution in [0.1, 0.15) is 12.6 Å². The van der Waals surface area contributed by atoms with Crippen LogP contribution in [0, 0.1) is 17.2 Å². The molecule has 5 nitrogen and oxygen atoms in total. The van der Waals surface area contributed by atoms with E-state index in [-0.39, 0.29) is 0 Å².